The second-order valence-corrected chi connectivity index (χ2v) is 12.0. The van der Waals surface area contributed by atoms with Crippen molar-refractivity contribution in [3.8, 4) is 0 Å². The fourth-order valence-corrected chi connectivity index (χ4v) is 5.84. The lowest BCUT2D eigenvalue weighted by Crippen LogP contribution is -2.56. The number of aldehydes is 1. The van der Waals surface area contributed by atoms with E-state index < -0.39 is 48.3 Å². The number of hydrogen-bond acceptors (Lipinski definition) is 9. The fraction of sp³-hybridized carbons (Fsp3) is 0.774. The molecule has 9 nitrogen and oxygen atoms in total. The largest absolute Gasteiger partial charge is 0.462 e. The van der Waals surface area contributed by atoms with Crippen LogP contribution in [0.15, 0.2) is 23.8 Å². The van der Waals surface area contributed by atoms with Crippen LogP contribution < -0.4 is 0 Å². The summed E-state index contributed by atoms with van der Waals surface area (Å²) in [6, 6.07) is -0.213. The number of carbonyl (C=O) groups excluding carboxylic acids is 3. The van der Waals surface area contributed by atoms with Crippen molar-refractivity contribution in [3.63, 3.8) is 0 Å². The summed E-state index contributed by atoms with van der Waals surface area (Å²) in [7, 11) is 3.76. The predicted molar refractivity (Wildman–Crippen MR) is 152 cm³/mol. The molecular weight excluding hydrogens is 514 g/mol. The molecule has 9 heteroatoms. The summed E-state index contributed by atoms with van der Waals surface area (Å²) in [6.45, 7) is 11.3. The molecule has 0 saturated carbocycles. The van der Waals surface area contributed by atoms with E-state index in [1.54, 1.807) is 19.1 Å². The van der Waals surface area contributed by atoms with Crippen LogP contribution in [0.4, 0.5) is 0 Å². The van der Waals surface area contributed by atoms with Gasteiger partial charge in [0.1, 0.15) is 18.5 Å². The number of hydrogen-bond donors (Lipinski definition) is 2. The van der Waals surface area contributed by atoms with Crippen LogP contribution in [-0.4, -0.2) is 90.1 Å². The van der Waals surface area contributed by atoms with Gasteiger partial charge >= 0.3 is 5.97 Å². The number of cyclic esters (lactones) is 1. The molecule has 0 aromatic rings. The maximum Gasteiger partial charge on any atom is 0.308 e. The Morgan fingerprint density at radius 2 is 1.77 bits per heavy atom. The van der Waals surface area contributed by atoms with Crippen molar-refractivity contribution >= 4 is 18.0 Å². The zero-order chi connectivity index (χ0) is 30.1. The zero-order valence-corrected chi connectivity index (χ0v) is 25.5. The van der Waals surface area contributed by atoms with Crippen molar-refractivity contribution in [2.24, 2.45) is 23.7 Å². The van der Waals surface area contributed by atoms with E-state index in [1.807, 2.05) is 59.7 Å². The summed E-state index contributed by atoms with van der Waals surface area (Å²) in [5, 5.41) is 22.3. The number of aliphatic hydroxyl groups is 2. The fourth-order valence-electron chi connectivity index (χ4n) is 5.84. The number of aliphatic hydroxyl groups excluding tert-OH is 2. The summed E-state index contributed by atoms with van der Waals surface area (Å²) in [6.07, 6.45) is 2.94. The molecule has 2 aliphatic rings. The molecule has 2 N–H and O–H groups in total. The average Bonchev–Trinajstić information content (AvgIpc) is 2.88. The van der Waals surface area contributed by atoms with Gasteiger partial charge in [-0.25, -0.2) is 0 Å². The molecule has 1 fully saturated rings. The Kier molecular flexibility index (Phi) is 13.6. The highest BCUT2D eigenvalue weighted by atomic mass is 16.7. The van der Waals surface area contributed by atoms with Crippen LogP contribution in [0.5, 0.6) is 0 Å². The van der Waals surface area contributed by atoms with Crippen molar-refractivity contribution < 1.29 is 38.8 Å². The van der Waals surface area contributed by atoms with Gasteiger partial charge < -0.3 is 34.1 Å². The monoisotopic (exact) mass is 565 g/mol. The van der Waals surface area contributed by atoms with Crippen molar-refractivity contribution in [2.45, 2.75) is 116 Å². The third kappa shape index (κ3) is 9.58. The molecule has 40 heavy (non-hydrogen) atoms. The first-order valence-corrected chi connectivity index (χ1v) is 14.7. The maximum atomic E-state index is 13.1. The minimum atomic E-state index is -1.14. The Morgan fingerprint density at radius 3 is 2.38 bits per heavy atom. The first kappa shape index (κ1) is 34.3. The third-order valence-corrected chi connectivity index (χ3v) is 8.38. The maximum absolute atomic E-state index is 13.1. The summed E-state index contributed by atoms with van der Waals surface area (Å²) >= 11 is 0. The van der Waals surface area contributed by atoms with Gasteiger partial charge in [0.05, 0.1) is 24.7 Å². The molecule has 2 heterocycles. The van der Waals surface area contributed by atoms with Crippen LogP contribution >= 0.6 is 0 Å². The molecule has 0 radical (unpaired) electrons. The molecule has 0 spiro atoms. The summed E-state index contributed by atoms with van der Waals surface area (Å²) in [5.74, 6) is -2.20. The van der Waals surface area contributed by atoms with Gasteiger partial charge in [0.2, 0.25) is 0 Å². The second kappa shape index (κ2) is 15.9. The molecule has 0 bridgehead atoms. The van der Waals surface area contributed by atoms with Crippen LogP contribution in [0.1, 0.15) is 73.6 Å². The molecule has 0 aromatic heterocycles. The highest BCUT2D eigenvalue weighted by Crippen LogP contribution is 2.34. The summed E-state index contributed by atoms with van der Waals surface area (Å²) < 4.78 is 18.2. The second-order valence-electron chi connectivity index (χ2n) is 12.0. The van der Waals surface area contributed by atoms with E-state index >= 15 is 0 Å². The number of esters is 1. The number of rotatable bonds is 6. The third-order valence-electron chi connectivity index (χ3n) is 8.38. The Labute approximate surface area is 239 Å². The van der Waals surface area contributed by atoms with Gasteiger partial charge in [0.15, 0.2) is 12.1 Å². The number of carbonyl (C=O) groups is 3. The molecule has 0 aliphatic carbocycles. The molecule has 0 aromatic carbocycles. The molecule has 1 saturated heterocycles. The van der Waals surface area contributed by atoms with Crippen LogP contribution in [0, 0.1) is 23.7 Å². The van der Waals surface area contributed by atoms with E-state index in [0.717, 1.165) is 11.9 Å². The van der Waals surface area contributed by atoms with E-state index in [9.17, 15) is 24.6 Å². The minimum Gasteiger partial charge on any atom is -0.462 e. The van der Waals surface area contributed by atoms with Gasteiger partial charge in [-0.3, -0.25) is 9.59 Å². The molecule has 2 rings (SSSR count). The molecule has 11 atom stereocenters. The lowest BCUT2D eigenvalue weighted by atomic mass is 9.79. The van der Waals surface area contributed by atoms with Crippen LogP contribution in [0.25, 0.3) is 0 Å². The Bertz CT molecular complexity index is 902. The average molecular weight is 566 g/mol. The van der Waals surface area contributed by atoms with E-state index in [-0.39, 0.29) is 42.8 Å². The van der Waals surface area contributed by atoms with E-state index in [2.05, 4.69) is 0 Å². The van der Waals surface area contributed by atoms with Crippen molar-refractivity contribution in [3.05, 3.63) is 23.8 Å². The first-order valence-electron chi connectivity index (χ1n) is 14.7. The van der Waals surface area contributed by atoms with E-state index in [4.69, 9.17) is 14.2 Å². The van der Waals surface area contributed by atoms with Crippen molar-refractivity contribution in [2.75, 3.05) is 14.1 Å². The highest BCUT2D eigenvalue weighted by Gasteiger charge is 2.43. The smallest absolute Gasteiger partial charge is 0.308 e. The van der Waals surface area contributed by atoms with Gasteiger partial charge in [0.25, 0.3) is 0 Å². The normalized spacial score (nSPS) is 41.2. The van der Waals surface area contributed by atoms with Gasteiger partial charge in [-0.05, 0) is 59.2 Å². The van der Waals surface area contributed by atoms with Gasteiger partial charge in [-0.15, -0.1) is 0 Å². The van der Waals surface area contributed by atoms with Crippen molar-refractivity contribution in [1.29, 1.82) is 0 Å². The predicted octanol–water partition coefficient (Wildman–Crippen LogP) is 3.46. The minimum absolute atomic E-state index is 0.0796. The highest BCUT2D eigenvalue weighted by molar-refractivity contribution is 5.91. The van der Waals surface area contributed by atoms with Gasteiger partial charge in [-0.2, -0.15) is 0 Å². The summed E-state index contributed by atoms with van der Waals surface area (Å²) in [4.78, 5) is 39.7. The first-order chi connectivity index (χ1) is 18.8. The number of allylic oxidation sites excluding steroid dienone is 3. The van der Waals surface area contributed by atoms with Gasteiger partial charge in [0, 0.05) is 30.2 Å². The van der Waals surface area contributed by atoms with Gasteiger partial charge in [-0.1, -0.05) is 45.4 Å². The molecule has 228 valence electrons. The number of ketones is 1. The Balaban J connectivity index is 2.48. The number of ether oxygens (including phenoxy) is 3. The SMILES string of the molecule is CCC1OC(=O)CC(O)C(C)C(OC2OC(C)CC(N(C)C)C2O)C(CC=O)CC(C)C(=O)/C=C\C(C)=C/C1C. The molecule has 2 aliphatic heterocycles. The number of nitrogens with zero attached hydrogens (tertiary/aromatic N) is 1. The van der Waals surface area contributed by atoms with Crippen molar-refractivity contribution in [1.82, 2.24) is 4.90 Å². The molecule has 11 unspecified atom stereocenters. The standard InChI is InChI=1S/C31H51NO8/c1-9-27-20(4)14-18(2)10-11-25(34)19(3)15-23(12-13-33)30(22(6)26(35)17-28(36)39-27)40-31-29(37)24(32(7)8)16-21(5)38-31/h10-11,13-14,19-24,26-27,29-31,35,37H,9,12,15-17H2,1-8H3/b11-10-,18-14-. The quantitative estimate of drug-likeness (QED) is 0.368. The molecular formula is C31H51NO8. The van der Waals surface area contributed by atoms with Crippen LogP contribution in [0.3, 0.4) is 0 Å². The summed E-state index contributed by atoms with van der Waals surface area (Å²) in [5.41, 5.74) is 0.877. The molecule has 0 amide bonds. The van der Waals surface area contributed by atoms with E-state index in [0.29, 0.717) is 19.3 Å². The Hall–Kier alpha value is -1.91. The lowest BCUT2D eigenvalue weighted by molar-refractivity contribution is -0.283. The van der Waals surface area contributed by atoms with E-state index in [1.165, 1.54) is 0 Å². The number of likely N-dealkylation sites (N-methyl/N-ethyl adjacent to an activating group) is 1. The Morgan fingerprint density at radius 1 is 1.10 bits per heavy atom. The van der Waals surface area contributed by atoms with Crippen LogP contribution in [0.2, 0.25) is 0 Å². The zero-order valence-electron chi connectivity index (χ0n) is 25.5. The van der Waals surface area contributed by atoms with Crippen LogP contribution in [-0.2, 0) is 28.6 Å². The lowest BCUT2D eigenvalue weighted by Gasteiger charge is -2.44. The topological polar surface area (TPSA) is 123 Å².